The topological polar surface area (TPSA) is 42.0 Å². The van der Waals surface area contributed by atoms with Gasteiger partial charge in [-0.05, 0) is 31.4 Å². The van der Waals surface area contributed by atoms with Crippen LogP contribution in [0.5, 0.6) is 0 Å². The summed E-state index contributed by atoms with van der Waals surface area (Å²) in [6, 6.07) is 3.71. The molecule has 1 aliphatic carbocycles. The number of amides is 1. The molecule has 4 heteroatoms. The van der Waals surface area contributed by atoms with Crippen molar-refractivity contribution in [2.75, 3.05) is 0 Å². The van der Waals surface area contributed by atoms with E-state index < -0.39 is 0 Å². The van der Waals surface area contributed by atoms with E-state index in [1.54, 1.807) is 12.1 Å². The Kier molecular flexibility index (Phi) is 3.15. The summed E-state index contributed by atoms with van der Waals surface area (Å²) in [5, 5.41) is 3.37. The predicted octanol–water partition coefficient (Wildman–Crippen LogP) is 2.57. The van der Waals surface area contributed by atoms with Gasteiger partial charge >= 0.3 is 0 Å². The highest BCUT2D eigenvalue weighted by Crippen LogP contribution is 2.33. The number of hydrogen-bond donors (Lipinski definition) is 1. The lowest BCUT2D eigenvalue weighted by molar-refractivity contribution is 0.0949. The van der Waals surface area contributed by atoms with E-state index in [2.05, 4.69) is 17.2 Å². The molecule has 1 aliphatic rings. The van der Waals surface area contributed by atoms with Crippen LogP contribution in [0.3, 0.4) is 0 Å². The minimum atomic E-state index is -0.0478. The third kappa shape index (κ3) is 2.53. The van der Waals surface area contributed by atoms with Crippen molar-refractivity contribution in [3.63, 3.8) is 0 Å². The molecular formula is C12H15ClN2O. The van der Waals surface area contributed by atoms with E-state index in [9.17, 15) is 4.79 Å². The molecule has 0 aromatic carbocycles. The standard InChI is InChI=1S/C12H15ClN2O/c1-3-8-5-10(8)15-12(16)9-4-7(2)14-11(13)6-9/h4,6,8,10H,3,5H2,1-2H3,(H,15,16). The molecule has 2 atom stereocenters. The Morgan fingerprint density at radius 1 is 1.62 bits per heavy atom. The molecule has 0 bridgehead atoms. The SMILES string of the molecule is CCC1CC1NC(=O)c1cc(C)nc(Cl)c1. The Labute approximate surface area is 100 Å². The lowest BCUT2D eigenvalue weighted by Crippen LogP contribution is -2.26. The molecule has 86 valence electrons. The number of aromatic nitrogens is 1. The van der Waals surface area contributed by atoms with Gasteiger partial charge in [-0.15, -0.1) is 0 Å². The van der Waals surface area contributed by atoms with Gasteiger partial charge in [0.15, 0.2) is 0 Å². The van der Waals surface area contributed by atoms with Crippen molar-refractivity contribution in [1.29, 1.82) is 0 Å². The number of rotatable bonds is 3. The van der Waals surface area contributed by atoms with Gasteiger partial charge in [0.25, 0.3) is 5.91 Å². The second-order valence-electron chi connectivity index (χ2n) is 4.30. The summed E-state index contributed by atoms with van der Waals surface area (Å²) in [6.45, 7) is 3.97. The first kappa shape index (κ1) is 11.4. The number of aryl methyl sites for hydroxylation is 1. The Bertz CT molecular complexity index is 399. The molecule has 0 aliphatic heterocycles. The summed E-state index contributed by atoms with van der Waals surface area (Å²) in [7, 11) is 0. The van der Waals surface area contributed by atoms with Gasteiger partial charge in [-0.1, -0.05) is 24.9 Å². The van der Waals surface area contributed by atoms with Crippen LogP contribution < -0.4 is 5.32 Å². The van der Waals surface area contributed by atoms with Gasteiger partial charge in [0.2, 0.25) is 0 Å². The molecule has 2 rings (SSSR count). The zero-order valence-electron chi connectivity index (χ0n) is 9.46. The molecule has 1 amide bonds. The summed E-state index contributed by atoms with van der Waals surface area (Å²) >= 11 is 5.81. The van der Waals surface area contributed by atoms with Crippen LogP contribution in [0.15, 0.2) is 12.1 Å². The highest BCUT2D eigenvalue weighted by molar-refractivity contribution is 6.29. The smallest absolute Gasteiger partial charge is 0.251 e. The normalized spacial score (nSPS) is 22.9. The number of carbonyl (C=O) groups excluding carboxylic acids is 1. The highest BCUT2D eigenvalue weighted by Gasteiger charge is 2.36. The van der Waals surface area contributed by atoms with Crippen LogP contribution in [0.1, 0.15) is 35.8 Å². The van der Waals surface area contributed by atoms with Crippen molar-refractivity contribution >= 4 is 17.5 Å². The first-order chi connectivity index (χ1) is 7.60. The maximum Gasteiger partial charge on any atom is 0.251 e. The molecule has 0 spiro atoms. The van der Waals surface area contributed by atoms with E-state index in [0.717, 1.165) is 18.5 Å². The monoisotopic (exact) mass is 238 g/mol. The van der Waals surface area contributed by atoms with Crippen LogP contribution in [0.25, 0.3) is 0 Å². The molecule has 1 aromatic rings. The van der Waals surface area contributed by atoms with Gasteiger partial charge in [0, 0.05) is 17.3 Å². The van der Waals surface area contributed by atoms with E-state index in [1.807, 2.05) is 6.92 Å². The zero-order valence-corrected chi connectivity index (χ0v) is 10.2. The van der Waals surface area contributed by atoms with Gasteiger partial charge in [-0.25, -0.2) is 4.98 Å². The molecule has 1 fully saturated rings. The van der Waals surface area contributed by atoms with E-state index in [-0.39, 0.29) is 5.91 Å². The number of carbonyl (C=O) groups is 1. The quantitative estimate of drug-likeness (QED) is 0.823. The highest BCUT2D eigenvalue weighted by atomic mass is 35.5. The Morgan fingerprint density at radius 3 is 2.94 bits per heavy atom. The van der Waals surface area contributed by atoms with E-state index >= 15 is 0 Å². The third-order valence-corrected chi connectivity index (χ3v) is 3.14. The van der Waals surface area contributed by atoms with Crippen molar-refractivity contribution in [3.05, 3.63) is 28.5 Å². The number of hydrogen-bond acceptors (Lipinski definition) is 2. The Hall–Kier alpha value is -1.09. The largest absolute Gasteiger partial charge is 0.349 e. The molecule has 1 saturated carbocycles. The van der Waals surface area contributed by atoms with Crippen molar-refractivity contribution in [2.24, 2.45) is 5.92 Å². The Morgan fingerprint density at radius 2 is 2.38 bits per heavy atom. The molecule has 1 heterocycles. The van der Waals surface area contributed by atoms with Crippen LogP contribution in [0, 0.1) is 12.8 Å². The number of halogens is 1. The second kappa shape index (κ2) is 4.42. The number of nitrogens with zero attached hydrogens (tertiary/aromatic N) is 1. The number of nitrogens with one attached hydrogen (secondary N) is 1. The minimum Gasteiger partial charge on any atom is -0.349 e. The lowest BCUT2D eigenvalue weighted by atomic mass is 10.2. The van der Waals surface area contributed by atoms with Crippen molar-refractivity contribution in [2.45, 2.75) is 32.7 Å². The van der Waals surface area contributed by atoms with Gasteiger partial charge in [0.1, 0.15) is 5.15 Å². The molecular weight excluding hydrogens is 224 g/mol. The van der Waals surface area contributed by atoms with E-state index in [1.165, 1.54) is 0 Å². The van der Waals surface area contributed by atoms with E-state index in [4.69, 9.17) is 11.6 Å². The summed E-state index contributed by atoms with van der Waals surface area (Å²) in [5.74, 6) is 0.607. The molecule has 0 radical (unpaired) electrons. The molecule has 2 unspecified atom stereocenters. The maximum atomic E-state index is 11.9. The first-order valence-electron chi connectivity index (χ1n) is 5.55. The third-order valence-electron chi connectivity index (χ3n) is 2.95. The van der Waals surface area contributed by atoms with Crippen molar-refractivity contribution in [3.8, 4) is 0 Å². The average Bonchev–Trinajstić information content (AvgIpc) is 2.95. The number of pyridine rings is 1. The van der Waals surface area contributed by atoms with Crippen LogP contribution in [0.4, 0.5) is 0 Å². The van der Waals surface area contributed by atoms with Gasteiger partial charge < -0.3 is 5.32 Å². The van der Waals surface area contributed by atoms with Gasteiger partial charge in [-0.3, -0.25) is 4.79 Å². The van der Waals surface area contributed by atoms with Crippen LogP contribution in [0.2, 0.25) is 5.15 Å². The second-order valence-corrected chi connectivity index (χ2v) is 4.69. The van der Waals surface area contributed by atoms with Crippen LogP contribution >= 0.6 is 11.6 Å². The first-order valence-corrected chi connectivity index (χ1v) is 5.93. The fourth-order valence-electron chi connectivity index (χ4n) is 1.89. The summed E-state index contributed by atoms with van der Waals surface area (Å²) in [6.07, 6.45) is 2.22. The molecule has 0 saturated heterocycles. The summed E-state index contributed by atoms with van der Waals surface area (Å²) in [4.78, 5) is 15.9. The molecule has 16 heavy (non-hydrogen) atoms. The van der Waals surface area contributed by atoms with Gasteiger partial charge in [-0.2, -0.15) is 0 Å². The predicted molar refractivity (Wildman–Crippen MR) is 63.6 cm³/mol. The average molecular weight is 239 g/mol. The minimum absolute atomic E-state index is 0.0478. The fraction of sp³-hybridized carbons (Fsp3) is 0.500. The Balaban J connectivity index is 2.04. The maximum absolute atomic E-state index is 11.9. The zero-order chi connectivity index (χ0) is 11.7. The van der Waals surface area contributed by atoms with E-state index in [0.29, 0.717) is 22.7 Å². The molecule has 1 N–H and O–H groups in total. The lowest BCUT2D eigenvalue weighted by Gasteiger charge is -2.05. The van der Waals surface area contributed by atoms with Crippen molar-refractivity contribution < 1.29 is 4.79 Å². The summed E-state index contributed by atoms with van der Waals surface area (Å²) in [5.41, 5.74) is 1.36. The van der Waals surface area contributed by atoms with Crippen LogP contribution in [-0.2, 0) is 0 Å². The summed E-state index contributed by atoms with van der Waals surface area (Å²) < 4.78 is 0. The molecule has 1 aromatic heterocycles. The molecule has 3 nitrogen and oxygen atoms in total. The fourth-order valence-corrected chi connectivity index (χ4v) is 2.14. The van der Waals surface area contributed by atoms with Crippen molar-refractivity contribution in [1.82, 2.24) is 10.3 Å². The van der Waals surface area contributed by atoms with Gasteiger partial charge in [0.05, 0.1) is 0 Å². The van der Waals surface area contributed by atoms with Crippen LogP contribution in [-0.4, -0.2) is 16.9 Å².